The van der Waals surface area contributed by atoms with Crippen LogP contribution in [0.2, 0.25) is 0 Å². The first-order valence-corrected chi connectivity index (χ1v) is 11.6. The summed E-state index contributed by atoms with van der Waals surface area (Å²) in [7, 11) is 1.92. The SMILES string of the molecule is CN(C(=O)Cc1ccc(F)cc1)C1CCN(CCC(c2ccccc2)N2CCC2)CC1. The summed E-state index contributed by atoms with van der Waals surface area (Å²) < 4.78 is 13.1. The van der Waals surface area contributed by atoms with E-state index >= 15 is 0 Å². The molecule has 0 bridgehead atoms. The van der Waals surface area contributed by atoms with Crippen LogP contribution in [0, 0.1) is 5.82 Å². The number of halogens is 1. The highest BCUT2D eigenvalue weighted by molar-refractivity contribution is 5.78. The fourth-order valence-corrected chi connectivity index (χ4v) is 4.83. The largest absolute Gasteiger partial charge is 0.342 e. The number of carbonyl (C=O) groups excluding carboxylic acids is 1. The third-order valence-corrected chi connectivity index (χ3v) is 7.00. The summed E-state index contributed by atoms with van der Waals surface area (Å²) in [6.45, 7) is 5.61. The highest BCUT2D eigenvalue weighted by Crippen LogP contribution is 2.29. The van der Waals surface area contributed by atoms with E-state index in [1.165, 1.54) is 37.2 Å². The summed E-state index contributed by atoms with van der Waals surface area (Å²) in [6.07, 6.45) is 4.85. The Labute approximate surface area is 185 Å². The summed E-state index contributed by atoms with van der Waals surface area (Å²) in [4.78, 5) is 19.7. The smallest absolute Gasteiger partial charge is 0.226 e. The number of amides is 1. The summed E-state index contributed by atoms with van der Waals surface area (Å²) >= 11 is 0. The molecule has 2 aliphatic rings. The van der Waals surface area contributed by atoms with Crippen LogP contribution in [-0.4, -0.2) is 66.4 Å². The summed E-state index contributed by atoms with van der Waals surface area (Å²) in [5, 5.41) is 0. The molecule has 2 aromatic carbocycles. The van der Waals surface area contributed by atoms with Crippen LogP contribution in [0.3, 0.4) is 0 Å². The molecule has 166 valence electrons. The number of benzene rings is 2. The van der Waals surface area contributed by atoms with Crippen LogP contribution in [0.15, 0.2) is 54.6 Å². The zero-order valence-corrected chi connectivity index (χ0v) is 18.5. The van der Waals surface area contributed by atoms with Crippen molar-refractivity contribution < 1.29 is 9.18 Å². The van der Waals surface area contributed by atoms with E-state index in [2.05, 4.69) is 40.1 Å². The Balaban J connectivity index is 1.24. The first-order valence-electron chi connectivity index (χ1n) is 11.6. The van der Waals surface area contributed by atoms with Crippen molar-refractivity contribution >= 4 is 5.91 Å². The van der Waals surface area contributed by atoms with Gasteiger partial charge in [0.15, 0.2) is 0 Å². The number of hydrogen-bond acceptors (Lipinski definition) is 3. The minimum absolute atomic E-state index is 0.118. The maximum atomic E-state index is 13.1. The molecule has 2 saturated heterocycles. The van der Waals surface area contributed by atoms with E-state index in [0.717, 1.165) is 44.5 Å². The van der Waals surface area contributed by atoms with Gasteiger partial charge in [-0.15, -0.1) is 0 Å². The lowest BCUT2D eigenvalue weighted by atomic mass is 9.97. The number of hydrogen-bond donors (Lipinski definition) is 0. The van der Waals surface area contributed by atoms with Crippen LogP contribution in [0.4, 0.5) is 4.39 Å². The molecule has 2 heterocycles. The van der Waals surface area contributed by atoms with Crippen molar-refractivity contribution in [1.29, 1.82) is 0 Å². The van der Waals surface area contributed by atoms with Gasteiger partial charge in [0, 0.05) is 32.2 Å². The van der Waals surface area contributed by atoms with Crippen molar-refractivity contribution in [3.8, 4) is 0 Å². The van der Waals surface area contributed by atoms with Gasteiger partial charge in [0.2, 0.25) is 5.91 Å². The van der Waals surface area contributed by atoms with Gasteiger partial charge in [0.1, 0.15) is 5.82 Å². The third kappa shape index (κ3) is 5.72. The van der Waals surface area contributed by atoms with Crippen LogP contribution in [0.5, 0.6) is 0 Å². The van der Waals surface area contributed by atoms with E-state index in [9.17, 15) is 9.18 Å². The number of carbonyl (C=O) groups is 1. The standard InChI is InChI=1S/C26H34FN3O/c1-28(26(31)20-21-8-10-23(27)11-9-21)24-12-17-29(18-13-24)19-14-25(30-15-5-16-30)22-6-3-2-4-7-22/h2-4,6-11,24-25H,5,12-20H2,1H3. The maximum Gasteiger partial charge on any atom is 0.226 e. The molecular weight excluding hydrogens is 389 g/mol. The van der Waals surface area contributed by atoms with E-state index < -0.39 is 0 Å². The third-order valence-electron chi connectivity index (χ3n) is 7.00. The van der Waals surface area contributed by atoms with E-state index in [-0.39, 0.29) is 11.7 Å². The lowest BCUT2D eigenvalue weighted by Gasteiger charge is -2.41. The number of piperidine rings is 1. The molecule has 2 aromatic rings. The fourth-order valence-electron chi connectivity index (χ4n) is 4.83. The van der Waals surface area contributed by atoms with Gasteiger partial charge in [-0.2, -0.15) is 0 Å². The quantitative estimate of drug-likeness (QED) is 0.639. The second-order valence-electron chi connectivity index (χ2n) is 8.99. The topological polar surface area (TPSA) is 26.8 Å². The van der Waals surface area contributed by atoms with E-state index in [1.807, 2.05) is 11.9 Å². The van der Waals surface area contributed by atoms with E-state index in [1.54, 1.807) is 12.1 Å². The molecule has 1 atom stereocenters. The van der Waals surface area contributed by atoms with Gasteiger partial charge in [-0.25, -0.2) is 4.39 Å². The minimum Gasteiger partial charge on any atom is -0.342 e. The summed E-state index contributed by atoms with van der Waals surface area (Å²) in [6, 6.07) is 18.0. The van der Waals surface area contributed by atoms with E-state index in [0.29, 0.717) is 18.5 Å². The molecule has 0 aliphatic carbocycles. The number of likely N-dealkylation sites (tertiary alicyclic amines) is 2. The molecule has 1 unspecified atom stereocenters. The first kappa shape index (κ1) is 22.0. The molecule has 2 aliphatic heterocycles. The van der Waals surface area contributed by atoms with E-state index in [4.69, 9.17) is 0 Å². The van der Waals surface area contributed by atoms with Crippen LogP contribution >= 0.6 is 0 Å². The molecule has 0 radical (unpaired) electrons. The van der Waals surface area contributed by atoms with Gasteiger partial charge >= 0.3 is 0 Å². The predicted molar refractivity (Wildman–Crippen MR) is 122 cm³/mol. The van der Waals surface area contributed by atoms with Crippen molar-refractivity contribution in [3.05, 3.63) is 71.5 Å². The molecule has 31 heavy (non-hydrogen) atoms. The Morgan fingerprint density at radius 3 is 2.32 bits per heavy atom. The summed E-state index contributed by atoms with van der Waals surface area (Å²) in [5.41, 5.74) is 2.30. The number of nitrogens with zero attached hydrogens (tertiary/aromatic N) is 3. The second kappa shape index (κ2) is 10.4. The van der Waals surface area contributed by atoms with Gasteiger partial charge in [0.05, 0.1) is 6.42 Å². The van der Waals surface area contributed by atoms with Crippen molar-refractivity contribution in [2.45, 2.75) is 44.2 Å². The molecule has 0 aromatic heterocycles. The molecule has 1 amide bonds. The van der Waals surface area contributed by atoms with Crippen molar-refractivity contribution in [2.24, 2.45) is 0 Å². The Morgan fingerprint density at radius 2 is 1.71 bits per heavy atom. The molecule has 4 rings (SSSR count). The maximum absolute atomic E-state index is 13.1. The van der Waals surface area contributed by atoms with Gasteiger partial charge in [-0.05, 0) is 68.6 Å². The first-order chi connectivity index (χ1) is 15.1. The Hall–Kier alpha value is -2.24. The molecule has 2 fully saturated rings. The zero-order valence-electron chi connectivity index (χ0n) is 18.5. The minimum atomic E-state index is -0.263. The predicted octanol–water partition coefficient (Wildman–Crippen LogP) is 4.13. The Morgan fingerprint density at radius 1 is 1.03 bits per heavy atom. The molecule has 4 nitrogen and oxygen atoms in total. The van der Waals surface area contributed by atoms with Crippen LogP contribution in [0.1, 0.15) is 42.9 Å². The molecule has 0 saturated carbocycles. The average Bonchev–Trinajstić information content (AvgIpc) is 2.77. The average molecular weight is 424 g/mol. The fraction of sp³-hybridized carbons (Fsp3) is 0.500. The monoisotopic (exact) mass is 423 g/mol. The van der Waals surface area contributed by atoms with Gasteiger partial charge < -0.3 is 9.80 Å². The van der Waals surface area contributed by atoms with Crippen LogP contribution < -0.4 is 0 Å². The van der Waals surface area contributed by atoms with Crippen molar-refractivity contribution in [2.75, 3.05) is 39.8 Å². The van der Waals surface area contributed by atoms with Crippen molar-refractivity contribution in [1.82, 2.24) is 14.7 Å². The molecule has 5 heteroatoms. The number of rotatable bonds is 8. The van der Waals surface area contributed by atoms with Crippen LogP contribution in [0.25, 0.3) is 0 Å². The highest BCUT2D eigenvalue weighted by Gasteiger charge is 2.28. The Bertz CT molecular complexity index is 829. The lowest BCUT2D eigenvalue weighted by molar-refractivity contribution is -0.132. The molecule has 0 spiro atoms. The number of likely N-dealkylation sites (N-methyl/N-ethyl adjacent to an activating group) is 1. The van der Waals surface area contributed by atoms with Crippen LogP contribution in [-0.2, 0) is 11.2 Å². The highest BCUT2D eigenvalue weighted by atomic mass is 19.1. The molecular formula is C26H34FN3O. The van der Waals surface area contributed by atoms with Gasteiger partial charge in [-0.1, -0.05) is 42.5 Å². The van der Waals surface area contributed by atoms with Crippen molar-refractivity contribution in [3.63, 3.8) is 0 Å². The lowest BCUT2D eigenvalue weighted by Crippen LogP contribution is -2.47. The second-order valence-corrected chi connectivity index (χ2v) is 8.99. The normalized spacial score (nSPS) is 19.0. The Kier molecular flexibility index (Phi) is 7.36. The summed E-state index contributed by atoms with van der Waals surface area (Å²) in [5.74, 6) is -0.146. The van der Waals surface area contributed by atoms with Gasteiger partial charge in [-0.3, -0.25) is 9.69 Å². The zero-order chi connectivity index (χ0) is 21.6. The van der Waals surface area contributed by atoms with Gasteiger partial charge in [0.25, 0.3) is 0 Å². The molecule has 0 N–H and O–H groups in total.